The van der Waals surface area contributed by atoms with Gasteiger partial charge in [-0.2, -0.15) is 0 Å². The summed E-state index contributed by atoms with van der Waals surface area (Å²) in [6.07, 6.45) is -0.220. The monoisotopic (exact) mass is 417 g/mol. The maximum absolute atomic E-state index is 12.4. The van der Waals surface area contributed by atoms with E-state index in [0.29, 0.717) is 28.7 Å². The van der Waals surface area contributed by atoms with E-state index in [1.54, 1.807) is 18.2 Å². The molecule has 1 amide bonds. The Bertz CT molecular complexity index is 1010. The largest absolute Gasteiger partial charge is 0.480 e. The van der Waals surface area contributed by atoms with Crippen molar-refractivity contribution in [3.05, 3.63) is 45.8 Å². The van der Waals surface area contributed by atoms with Gasteiger partial charge in [0.05, 0.1) is 17.8 Å². The highest BCUT2D eigenvalue weighted by molar-refractivity contribution is 5.81. The summed E-state index contributed by atoms with van der Waals surface area (Å²) in [5.74, 6) is -0.794. The molecule has 5 N–H and O–H groups in total. The van der Waals surface area contributed by atoms with Gasteiger partial charge in [0.1, 0.15) is 17.4 Å². The van der Waals surface area contributed by atoms with Crippen molar-refractivity contribution in [2.45, 2.75) is 46.1 Å². The van der Waals surface area contributed by atoms with Gasteiger partial charge in [0.2, 0.25) is 0 Å². The first-order valence-corrected chi connectivity index (χ1v) is 9.49. The van der Waals surface area contributed by atoms with Gasteiger partial charge in [-0.15, -0.1) is 0 Å². The van der Waals surface area contributed by atoms with Gasteiger partial charge < -0.3 is 25.3 Å². The number of nitrogens with one attached hydrogen (secondary N) is 2. The van der Waals surface area contributed by atoms with Crippen molar-refractivity contribution in [1.82, 2.24) is 5.32 Å². The molecule has 9 nitrogen and oxygen atoms in total. The second kappa shape index (κ2) is 9.43. The van der Waals surface area contributed by atoms with E-state index in [9.17, 15) is 19.5 Å². The summed E-state index contributed by atoms with van der Waals surface area (Å²) in [6.45, 7) is 5.82. The van der Waals surface area contributed by atoms with E-state index in [2.05, 4.69) is 5.32 Å². The van der Waals surface area contributed by atoms with Crippen molar-refractivity contribution in [2.75, 3.05) is 6.61 Å². The summed E-state index contributed by atoms with van der Waals surface area (Å²) in [7, 11) is 0. The molecule has 0 fully saturated rings. The highest BCUT2D eigenvalue weighted by Crippen LogP contribution is 2.17. The third kappa shape index (κ3) is 6.91. The van der Waals surface area contributed by atoms with Crippen molar-refractivity contribution in [3.8, 4) is 0 Å². The molecule has 30 heavy (non-hydrogen) atoms. The number of hydrogen-bond donors (Lipinski definition) is 4. The van der Waals surface area contributed by atoms with Gasteiger partial charge in [0.25, 0.3) is 0 Å². The van der Waals surface area contributed by atoms with Crippen LogP contribution in [0.1, 0.15) is 38.5 Å². The Morgan fingerprint density at radius 1 is 1.30 bits per heavy atom. The minimum Gasteiger partial charge on any atom is -0.480 e. The summed E-state index contributed by atoms with van der Waals surface area (Å²) in [6, 6.07) is 4.90. The number of benzene rings is 1. The molecular weight excluding hydrogens is 390 g/mol. The number of ether oxygens (including phenoxy) is 1. The van der Waals surface area contributed by atoms with E-state index in [1.165, 1.54) is 6.07 Å². The van der Waals surface area contributed by atoms with Crippen LogP contribution in [0, 0.1) is 10.8 Å². The lowest BCUT2D eigenvalue weighted by Gasteiger charge is -2.20. The Labute approximate surface area is 173 Å². The fraction of sp³-hybridized carbons (Fsp3) is 0.429. The maximum atomic E-state index is 12.4. The van der Waals surface area contributed by atoms with Gasteiger partial charge in [-0.3, -0.25) is 10.2 Å². The first-order chi connectivity index (χ1) is 13.9. The Kier molecular flexibility index (Phi) is 7.20. The van der Waals surface area contributed by atoms with Crippen molar-refractivity contribution >= 4 is 28.9 Å². The van der Waals surface area contributed by atoms with Gasteiger partial charge in [-0.05, 0) is 23.1 Å². The smallest absolute Gasteiger partial charge is 0.407 e. The van der Waals surface area contributed by atoms with Crippen LogP contribution in [0.3, 0.4) is 0 Å². The minimum absolute atomic E-state index is 0.00123. The zero-order chi connectivity index (χ0) is 22.5. The molecule has 0 radical (unpaired) electrons. The fourth-order valence-corrected chi connectivity index (χ4v) is 2.66. The first kappa shape index (κ1) is 22.9. The van der Waals surface area contributed by atoms with E-state index >= 15 is 0 Å². The number of nitrogens with two attached hydrogens (primary N) is 1. The Morgan fingerprint density at radius 3 is 2.60 bits per heavy atom. The molecular formula is C21H27N3O6. The van der Waals surface area contributed by atoms with Crippen molar-refractivity contribution in [2.24, 2.45) is 11.1 Å². The predicted molar refractivity (Wildman–Crippen MR) is 112 cm³/mol. The number of hydrogen-bond acceptors (Lipinski definition) is 6. The summed E-state index contributed by atoms with van der Waals surface area (Å²) in [5.41, 5.74) is 5.72. The number of carboxylic acid groups (broad SMARTS) is 1. The highest BCUT2D eigenvalue weighted by atomic mass is 16.5. The molecule has 1 heterocycles. The molecule has 162 valence electrons. The third-order valence-corrected chi connectivity index (χ3v) is 4.15. The number of rotatable bonds is 8. The molecule has 2 rings (SSSR count). The van der Waals surface area contributed by atoms with Crippen molar-refractivity contribution in [1.29, 1.82) is 5.41 Å². The molecule has 1 aromatic carbocycles. The molecule has 0 saturated carbocycles. The number of fused-ring (bicyclic) bond motifs is 1. The Morgan fingerprint density at radius 2 is 2.00 bits per heavy atom. The maximum Gasteiger partial charge on any atom is 0.407 e. The zero-order valence-electron chi connectivity index (χ0n) is 17.3. The van der Waals surface area contributed by atoms with Crippen LogP contribution in [0.15, 0.2) is 33.5 Å². The molecule has 1 aromatic heterocycles. The van der Waals surface area contributed by atoms with E-state index in [1.807, 2.05) is 20.8 Å². The number of aryl methyl sites for hydroxylation is 1. The lowest BCUT2D eigenvalue weighted by atomic mass is 9.99. The number of carbonyl (C=O) groups excluding carboxylic acids is 1. The lowest BCUT2D eigenvalue weighted by molar-refractivity contribution is -0.139. The molecule has 0 saturated heterocycles. The average Bonchev–Trinajstić information content (AvgIpc) is 2.64. The van der Waals surface area contributed by atoms with Crippen LogP contribution in [-0.2, 0) is 22.4 Å². The van der Waals surface area contributed by atoms with E-state index in [-0.39, 0.29) is 36.1 Å². The van der Waals surface area contributed by atoms with Gasteiger partial charge in [-0.1, -0.05) is 26.8 Å². The molecule has 1 unspecified atom stereocenters. The van der Waals surface area contributed by atoms with E-state index in [4.69, 9.17) is 20.3 Å². The minimum atomic E-state index is -1.21. The standard InChI is InChI=1S/C21H27N3O6/c1-21(2,3)11-29-20(28)24-15(19(26)27)9-12-4-6-17-14(8-12)16(25)10-13(30-17)5-7-18(22)23/h4,6,8,10,15H,5,7,9,11H2,1-3H3,(H3,22,23)(H,24,28)(H,26,27). The molecule has 1 atom stereocenters. The van der Waals surface area contributed by atoms with Gasteiger partial charge in [0.15, 0.2) is 5.43 Å². The summed E-state index contributed by atoms with van der Waals surface area (Å²) >= 11 is 0. The van der Waals surface area contributed by atoms with Gasteiger partial charge in [-0.25, -0.2) is 9.59 Å². The van der Waals surface area contributed by atoms with Crippen molar-refractivity contribution in [3.63, 3.8) is 0 Å². The number of amidine groups is 1. The molecule has 0 aliphatic carbocycles. The predicted octanol–water partition coefficient (Wildman–Crippen LogP) is 2.43. The SMILES string of the molecule is CC(C)(C)COC(=O)NC(Cc1ccc2oc(CCC(=N)N)cc(=O)c2c1)C(=O)O. The normalized spacial score (nSPS) is 12.4. The summed E-state index contributed by atoms with van der Waals surface area (Å²) in [4.78, 5) is 35.9. The number of carbonyl (C=O) groups is 2. The van der Waals surface area contributed by atoms with Crippen LogP contribution in [0.25, 0.3) is 11.0 Å². The molecule has 9 heteroatoms. The Balaban J connectivity index is 2.16. The second-order valence-corrected chi connectivity index (χ2v) is 8.31. The van der Waals surface area contributed by atoms with Crippen LogP contribution in [0.2, 0.25) is 0 Å². The Hall–Kier alpha value is -3.36. The summed E-state index contributed by atoms with van der Waals surface area (Å²) < 4.78 is 10.7. The molecule has 0 aliphatic heterocycles. The number of aliphatic carboxylic acids is 1. The number of amides is 1. The highest BCUT2D eigenvalue weighted by Gasteiger charge is 2.23. The molecule has 0 bridgehead atoms. The van der Waals surface area contributed by atoms with Crippen LogP contribution >= 0.6 is 0 Å². The zero-order valence-corrected chi connectivity index (χ0v) is 17.3. The van der Waals surface area contributed by atoms with Crippen LogP contribution in [0.5, 0.6) is 0 Å². The molecule has 2 aromatic rings. The molecule has 0 aliphatic rings. The van der Waals surface area contributed by atoms with E-state index < -0.39 is 18.1 Å². The van der Waals surface area contributed by atoms with Gasteiger partial charge in [0, 0.05) is 25.3 Å². The first-order valence-electron chi connectivity index (χ1n) is 9.49. The van der Waals surface area contributed by atoms with Crippen LogP contribution in [0.4, 0.5) is 4.79 Å². The van der Waals surface area contributed by atoms with E-state index in [0.717, 1.165) is 0 Å². The molecule has 0 spiro atoms. The van der Waals surface area contributed by atoms with Crippen LogP contribution in [-0.4, -0.2) is 35.7 Å². The lowest BCUT2D eigenvalue weighted by Crippen LogP contribution is -2.43. The third-order valence-electron chi connectivity index (χ3n) is 4.15. The number of alkyl carbamates (subject to hydrolysis) is 1. The average molecular weight is 417 g/mol. The van der Waals surface area contributed by atoms with Crippen molar-refractivity contribution < 1.29 is 23.8 Å². The number of carboxylic acids is 1. The quantitative estimate of drug-likeness (QED) is 0.379. The topological polar surface area (TPSA) is 156 Å². The van der Waals surface area contributed by atoms with Crippen LogP contribution < -0.4 is 16.5 Å². The summed E-state index contributed by atoms with van der Waals surface area (Å²) in [5, 5.41) is 19.4. The fourth-order valence-electron chi connectivity index (χ4n) is 2.66. The second-order valence-electron chi connectivity index (χ2n) is 8.31. The van der Waals surface area contributed by atoms with Gasteiger partial charge >= 0.3 is 12.1 Å².